The molecule has 0 saturated carbocycles. The maximum absolute atomic E-state index is 13.6. The third-order valence-electron chi connectivity index (χ3n) is 6.10. The summed E-state index contributed by atoms with van der Waals surface area (Å²) in [6.45, 7) is 3.23. The number of halogens is 8. The van der Waals surface area contributed by atoms with Crippen molar-refractivity contribution >= 4 is 29.5 Å². The van der Waals surface area contributed by atoms with Gasteiger partial charge in [-0.25, -0.2) is 14.0 Å². The molecular weight excluding hydrogens is 661 g/mol. The smallest absolute Gasteiger partial charge is 0.490 e. The van der Waals surface area contributed by atoms with Crippen LogP contribution in [-0.2, 0) is 27.3 Å². The van der Waals surface area contributed by atoms with Crippen LogP contribution in [-0.4, -0.2) is 94.0 Å². The van der Waals surface area contributed by atoms with Gasteiger partial charge in [0.05, 0.1) is 0 Å². The number of aliphatic hydroxyl groups is 1. The summed E-state index contributed by atoms with van der Waals surface area (Å²) in [6.07, 6.45) is -8.76. The minimum absolute atomic E-state index is 0.00589. The molecule has 258 valence electrons. The number of nitrogens with one attached hydrogen (secondary N) is 1. The monoisotopic (exact) mass is 692 g/mol. The average Bonchev–Trinajstić information content (AvgIpc) is 2.96. The predicted molar refractivity (Wildman–Crippen MR) is 149 cm³/mol. The van der Waals surface area contributed by atoms with Crippen molar-refractivity contribution in [2.45, 2.75) is 56.7 Å². The Kier molecular flexibility index (Phi) is 16.8. The number of carboxylic acid groups (broad SMARTS) is 3. The van der Waals surface area contributed by atoms with Crippen LogP contribution in [0.5, 0.6) is 5.75 Å². The molecule has 0 radical (unpaired) electrons. The minimum atomic E-state index is -5.08. The maximum atomic E-state index is 13.6. The molecule has 3 rings (SSSR count). The number of piperidine rings is 1. The van der Waals surface area contributed by atoms with E-state index in [2.05, 4.69) is 22.3 Å². The van der Waals surface area contributed by atoms with Gasteiger partial charge in [-0.1, -0.05) is 29.8 Å². The summed E-state index contributed by atoms with van der Waals surface area (Å²) in [6, 6.07) is 12.3. The van der Waals surface area contributed by atoms with E-state index in [1.165, 1.54) is 23.8 Å². The molecule has 1 heterocycles. The van der Waals surface area contributed by atoms with Gasteiger partial charge in [0.15, 0.2) is 0 Å². The molecule has 0 unspecified atom stereocenters. The molecule has 0 bridgehead atoms. The van der Waals surface area contributed by atoms with E-state index in [9.17, 15) is 40.6 Å². The summed E-state index contributed by atoms with van der Waals surface area (Å²) in [4.78, 5) is 31.0. The van der Waals surface area contributed by atoms with Gasteiger partial charge >= 0.3 is 30.3 Å². The molecule has 2 aromatic rings. The summed E-state index contributed by atoms with van der Waals surface area (Å²) >= 11 is 5.94. The number of nitrogens with zero attached hydrogens (tertiary/aromatic N) is 1. The van der Waals surface area contributed by atoms with Gasteiger partial charge in [-0.15, -0.1) is 0 Å². The Morgan fingerprint density at radius 1 is 0.935 bits per heavy atom. The van der Waals surface area contributed by atoms with Gasteiger partial charge in [0.1, 0.15) is 24.3 Å². The van der Waals surface area contributed by atoms with Crippen LogP contribution in [0.15, 0.2) is 42.5 Å². The van der Waals surface area contributed by atoms with Crippen LogP contribution in [0, 0.1) is 5.82 Å². The Hall–Kier alpha value is -3.67. The molecule has 2 aromatic carbocycles. The number of likely N-dealkylation sites (tertiary alicyclic amines) is 1. The Balaban J connectivity index is 0.000000629. The predicted octanol–water partition coefficient (Wildman–Crippen LogP) is 4.76. The highest BCUT2D eigenvalue weighted by molar-refractivity contribution is 6.30. The van der Waals surface area contributed by atoms with Crippen molar-refractivity contribution in [1.82, 2.24) is 10.2 Å². The van der Waals surface area contributed by atoms with Gasteiger partial charge in [0.2, 0.25) is 0 Å². The Morgan fingerprint density at radius 3 is 1.93 bits per heavy atom. The van der Waals surface area contributed by atoms with Crippen LogP contribution in [0.2, 0.25) is 5.02 Å². The number of aliphatic carboxylic acids is 3. The highest BCUT2D eigenvalue weighted by atomic mass is 35.5. The van der Waals surface area contributed by atoms with E-state index in [0.717, 1.165) is 37.5 Å². The fourth-order valence-electron chi connectivity index (χ4n) is 3.80. The molecule has 1 fully saturated rings. The second-order valence-corrected chi connectivity index (χ2v) is 10.2. The summed E-state index contributed by atoms with van der Waals surface area (Å²) in [5, 5.41) is 37.5. The molecule has 46 heavy (non-hydrogen) atoms. The second-order valence-electron chi connectivity index (χ2n) is 9.80. The lowest BCUT2D eigenvalue weighted by molar-refractivity contribution is -0.193. The highest BCUT2D eigenvalue weighted by Crippen LogP contribution is 2.22. The van der Waals surface area contributed by atoms with Crippen molar-refractivity contribution in [3.63, 3.8) is 0 Å². The van der Waals surface area contributed by atoms with E-state index in [1.54, 1.807) is 0 Å². The van der Waals surface area contributed by atoms with E-state index in [-0.39, 0.29) is 25.2 Å². The molecular formula is C28H32ClF7N2O8. The van der Waals surface area contributed by atoms with Crippen molar-refractivity contribution in [3.05, 3.63) is 64.4 Å². The number of hydrogen-bond acceptors (Lipinski definition) is 7. The lowest BCUT2D eigenvalue weighted by Gasteiger charge is -2.33. The number of carbonyl (C=O) groups is 3. The number of aryl methyl sites for hydroxylation is 1. The number of hydrogen-bond donors (Lipinski definition) is 5. The topological polar surface area (TPSA) is 157 Å². The van der Waals surface area contributed by atoms with Crippen molar-refractivity contribution in [2.75, 3.05) is 26.2 Å². The van der Waals surface area contributed by atoms with Gasteiger partial charge in [0, 0.05) is 36.6 Å². The SMILES string of the molecule is O=C(O)C(F)(F)F.O=C(O)C(F)(F)F.O=C(O)CCc1ccc(F)cc1OC[C@@H](O)CNC1CCN(Cc2ccc(Cl)cc2)CC1. The summed E-state index contributed by atoms with van der Waals surface area (Å²) in [5.41, 5.74) is 1.86. The van der Waals surface area contributed by atoms with E-state index in [0.29, 0.717) is 18.2 Å². The molecule has 5 N–H and O–H groups in total. The first kappa shape index (κ1) is 40.4. The Morgan fingerprint density at radius 2 is 1.46 bits per heavy atom. The van der Waals surface area contributed by atoms with Gasteiger partial charge < -0.3 is 30.5 Å². The number of aliphatic hydroxyl groups excluding tert-OH is 1. The zero-order valence-corrected chi connectivity index (χ0v) is 24.7. The van der Waals surface area contributed by atoms with Crippen LogP contribution in [0.1, 0.15) is 30.4 Å². The maximum Gasteiger partial charge on any atom is 0.490 e. The number of alkyl halides is 6. The lowest BCUT2D eigenvalue weighted by Crippen LogP contribution is -2.45. The summed E-state index contributed by atoms with van der Waals surface area (Å²) in [5.74, 6) is -6.62. The van der Waals surface area contributed by atoms with Crippen molar-refractivity contribution < 1.29 is 70.3 Å². The van der Waals surface area contributed by atoms with Crippen LogP contribution >= 0.6 is 11.6 Å². The van der Waals surface area contributed by atoms with E-state index < -0.39 is 42.2 Å². The standard InChI is InChI=1S/C24H30ClFN2O4.2C2HF3O2/c25-19-5-1-17(2-6-19)15-28-11-9-21(10-12-28)27-14-22(29)16-32-23-13-20(26)7-3-18(23)4-8-24(30)31;2*3-2(4,5)1(6)7/h1-3,5-7,13,21-22,27,29H,4,8-12,14-16H2,(H,30,31);2*(H,6,7)/t22-;;/m0../s1. The van der Waals surface area contributed by atoms with E-state index in [4.69, 9.17) is 41.2 Å². The molecule has 1 aliphatic heterocycles. The zero-order chi connectivity index (χ0) is 35.1. The molecule has 0 spiro atoms. The van der Waals surface area contributed by atoms with Gasteiger partial charge in [0.25, 0.3) is 0 Å². The highest BCUT2D eigenvalue weighted by Gasteiger charge is 2.38. The van der Waals surface area contributed by atoms with Crippen LogP contribution in [0.3, 0.4) is 0 Å². The van der Waals surface area contributed by atoms with Crippen LogP contribution < -0.4 is 10.1 Å². The van der Waals surface area contributed by atoms with E-state index in [1.807, 2.05) is 12.1 Å². The second kappa shape index (κ2) is 19.1. The van der Waals surface area contributed by atoms with Crippen molar-refractivity contribution in [2.24, 2.45) is 0 Å². The number of benzene rings is 2. The largest absolute Gasteiger partial charge is 0.490 e. The summed E-state index contributed by atoms with van der Waals surface area (Å²) < 4.78 is 82.6. The lowest BCUT2D eigenvalue weighted by atomic mass is 10.0. The van der Waals surface area contributed by atoms with Crippen LogP contribution in [0.4, 0.5) is 30.7 Å². The summed E-state index contributed by atoms with van der Waals surface area (Å²) in [7, 11) is 0. The van der Waals surface area contributed by atoms with E-state index >= 15 is 0 Å². The number of rotatable bonds is 11. The van der Waals surface area contributed by atoms with Crippen LogP contribution in [0.25, 0.3) is 0 Å². The number of carboxylic acids is 3. The third-order valence-corrected chi connectivity index (χ3v) is 6.35. The normalized spacial score (nSPS) is 14.6. The van der Waals surface area contributed by atoms with Crippen molar-refractivity contribution in [1.29, 1.82) is 0 Å². The molecule has 1 atom stereocenters. The molecule has 18 heteroatoms. The van der Waals surface area contributed by atoms with Gasteiger partial charge in [-0.3, -0.25) is 9.69 Å². The first-order valence-corrected chi connectivity index (χ1v) is 13.8. The first-order chi connectivity index (χ1) is 21.3. The average molecular weight is 693 g/mol. The quantitative estimate of drug-likeness (QED) is 0.208. The Bertz CT molecular complexity index is 1230. The fourth-order valence-corrected chi connectivity index (χ4v) is 3.93. The molecule has 0 aliphatic carbocycles. The molecule has 10 nitrogen and oxygen atoms in total. The van der Waals surface area contributed by atoms with Gasteiger partial charge in [-0.05, 0) is 61.7 Å². The number of ether oxygens (including phenoxy) is 1. The van der Waals surface area contributed by atoms with Gasteiger partial charge in [-0.2, -0.15) is 26.3 Å². The molecule has 1 aliphatic rings. The molecule has 0 amide bonds. The first-order valence-electron chi connectivity index (χ1n) is 13.4. The minimum Gasteiger partial charge on any atom is -0.490 e. The molecule has 0 aromatic heterocycles. The molecule has 1 saturated heterocycles. The Labute approximate surface area is 263 Å². The fraction of sp³-hybridized carbons (Fsp3) is 0.464. The zero-order valence-electron chi connectivity index (χ0n) is 24.0. The third kappa shape index (κ3) is 17.1. The van der Waals surface area contributed by atoms with Crippen molar-refractivity contribution in [3.8, 4) is 5.75 Å².